The molecule has 0 spiro atoms. The minimum Gasteiger partial charge on any atom is -0.318 e. The molecule has 0 aliphatic heterocycles. The maximum atomic E-state index is 11.8. The average molecular weight is 260 g/mol. The van der Waals surface area contributed by atoms with Crippen molar-refractivity contribution in [2.45, 2.75) is 25.6 Å². The number of rotatable bonds is 6. The summed E-state index contributed by atoms with van der Waals surface area (Å²) < 4.78 is 27.9. The Kier molecular flexibility index (Phi) is 4.67. The van der Waals surface area contributed by atoms with Crippen molar-refractivity contribution in [3.05, 3.63) is 17.5 Å². The standard InChI is InChI=1S/C10H20N4O2S/c1-8(5-11-3)17(15,16)12-6-10-7-14(4)13-9(10)2/h7-8,11-12H,5-6H2,1-4H3. The number of nitrogens with one attached hydrogen (secondary N) is 2. The first kappa shape index (κ1) is 14.1. The summed E-state index contributed by atoms with van der Waals surface area (Å²) in [5.74, 6) is 0. The first-order chi connectivity index (χ1) is 7.86. The van der Waals surface area contributed by atoms with Gasteiger partial charge in [-0.1, -0.05) is 0 Å². The van der Waals surface area contributed by atoms with Crippen molar-refractivity contribution < 1.29 is 8.42 Å². The zero-order valence-electron chi connectivity index (χ0n) is 10.7. The lowest BCUT2D eigenvalue weighted by atomic mass is 10.3. The first-order valence-corrected chi connectivity index (χ1v) is 7.03. The van der Waals surface area contributed by atoms with Gasteiger partial charge in [0.1, 0.15) is 0 Å². The summed E-state index contributed by atoms with van der Waals surface area (Å²) >= 11 is 0. The van der Waals surface area contributed by atoms with Crippen LogP contribution in [0.25, 0.3) is 0 Å². The molecule has 2 N–H and O–H groups in total. The number of sulfonamides is 1. The van der Waals surface area contributed by atoms with Gasteiger partial charge in [0.25, 0.3) is 0 Å². The third kappa shape index (κ3) is 3.79. The van der Waals surface area contributed by atoms with E-state index in [0.29, 0.717) is 6.54 Å². The Labute approximate surface area is 102 Å². The molecule has 0 fully saturated rings. The normalized spacial score (nSPS) is 13.9. The largest absolute Gasteiger partial charge is 0.318 e. The minimum atomic E-state index is -3.28. The predicted octanol–water partition coefficient (Wildman–Crippen LogP) is -0.244. The number of hydrogen-bond acceptors (Lipinski definition) is 4. The van der Waals surface area contributed by atoms with Crippen molar-refractivity contribution >= 4 is 10.0 Å². The lowest BCUT2D eigenvalue weighted by Gasteiger charge is -2.12. The maximum absolute atomic E-state index is 11.8. The quantitative estimate of drug-likeness (QED) is 0.740. The lowest BCUT2D eigenvalue weighted by Crippen LogP contribution is -2.37. The maximum Gasteiger partial charge on any atom is 0.215 e. The second-order valence-corrected chi connectivity index (χ2v) is 6.33. The highest BCUT2D eigenvalue weighted by molar-refractivity contribution is 7.90. The Morgan fingerprint density at radius 2 is 2.18 bits per heavy atom. The van der Waals surface area contributed by atoms with Gasteiger partial charge in [-0.15, -0.1) is 0 Å². The molecule has 98 valence electrons. The molecule has 6 nitrogen and oxygen atoms in total. The van der Waals surface area contributed by atoms with E-state index in [2.05, 4.69) is 15.1 Å². The summed E-state index contributed by atoms with van der Waals surface area (Å²) in [6.07, 6.45) is 1.82. The molecule has 1 atom stereocenters. The number of hydrogen-bond donors (Lipinski definition) is 2. The lowest BCUT2D eigenvalue weighted by molar-refractivity contribution is 0.563. The van der Waals surface area contributed by atoms with E-state index >= 15 is 0 Å². The molecule has 1 unspecified atom stereocenters. The molecular weight excluding hydrogens is 240 g/mol. The molecule has 1 rings (SSSR count). The van der Waals surface area contributed by atoms with Crippen LogP contribution in [0.2, 0.25) is 0 Å². The van der Waals surface area contributed by atoms with Gasteiger partial charge < -0.3 is 5.32 Å². The molecule has 0 aliphatic carbocycles. The van der Waals surface area contributed by atoms with Crippen molar-refractivity contribution in [1.29, 1.82) is 0 Å². The van der Waals surface area contributed by atoms with Crippen molar-refractivity contribution in [2.75, 3.05) is 13.6 Å². The summed E-state index contributed by atoms with van der Waals surface area (Å²) in [6.45, 7) is 4.26. The Hall–Kier alpha value is -0.920. The van der Waals surface area contributed by atoms with Crippen LogP contribution in [0.4, 0.5) is 0 Å². The second-order valence-electron chi connectivity index (χ2n) is 4.15. The van der Waals surface area contributed by atoms with Crippen LogP contribution in [0, 0.1) is 6.92 Å². The number of aromatic nitrogens is 2. The van der Waals surface area contributed by atoms with E-state index < -0.39 is 15.3 Å². The molecule has 17 heavy (non-hydrogen) atoms. The summed E-state index contributed by atoms with van der Waals surface area (Å²) in [6, 6.07) is 0. The number of aryl methyl sites for hydroxylation is 2. The van der Waals surface area contributed by atoms with Gasteiger partial charge in [0.05, 0.1) is 10.9 Å². The van der Waals surface area contributed by atoms with Gasteiger partial charge >= 0.3 is 0 Å². The fraction of sp³-hybridized carbons (Fsp3) is 0.700. The Balaban J connectivity index is 2.64. The van der Waals surface area contributed by atoms with E-state index in [-0.39, 0.29) is 6.54 Å². The average Bonchev–Trinajstić information content (AvgIpc) is 2.55. The van der Waals surface area contributed by atoms with Crippen LogP contribution in [0.1, 0.15) is 18.2 Å². The molecule has 0 bridgehead atoms. The Morgan fingerprint density at radius 3 is 2.65 bits per heavy atom. The topological polar surface area (TPSA) is 76.0 Å². The van der Waals surface area contributed by atoms with Crippen LogP contribution in [-0.2, 0) is 23.6 Å². The molecular formula is C10H20N4O2S. The van der Waals surface area contributed by atoms with Crippen molar-refractivity contribution in [3.63, 3.8) is 0 Å². The summed E-state index contributed by atoms with van der Waals surface area (Å²) in [7, 11) is 0.270. The van der Waals surface area contributed by atoms with Crippen LogP contribution in [0.5, 0.6) is 0 Å². The van der Waals surface area contributed by atoms with Gasteiger partial charge in [-0.25, -0.2) is 13.1 Å². The van der Waals surface area contributed by atoms with E-state index in [0.717, 1.165) is 11.3 Å². The van der Waals surface area contributed by atoms with Gasteiger partial charge in [-0.3, -0.25) is 4.68 Å². The van der Waals surface area contributed by atoms with E-state index in [9.17, 15) is 8.42 Å². The molecule has 0 amide bonds. The molecule has 0 aromatic carbocycles. The van der Waals surface area contributed by atoms with Crippen LogP contribution >= 0.6 is 0 Å². The molecule has 1 aromatic rings. The van der Waals surface area contributed by atoms with Crippen molar-refractivity contribution in [1.82, 2.24) is 19.8 Å². The SMILES string of the molecule is CNCC(C)S(=O)(=O)NCc1cn(C)nc1C. The predicted molar refractivity (Wildman–Crippen MR) is 67.1 cm³/mol. The fourth-order valence-electron chi connectivity index (χ4n) is 1.54. The molecule has 7 heteroatoms. The van der Waals surface area contributed by atoms with Crippen LogP contribution < -0.4 is 10.0 Å². The van der Waals surface area contributed by atoms with E-state index in [1.807, 2.05) is 20.2 Å². The van der Waals surface area contributed by atoms with E-state index in [1.165, 1.54) is 0 Å². The van der Waals surface area contributed by atoms with Gasteiger partial charge in [0.2, 0.25) is 10.0 Å². The van der Waals surface area contributed by atoms with E-state index in [1.54, 1.807) is 18.7 Å². The zero-order chi connectivity index (χ0) is 13.1. The Morgan fingerprint density at radius 1 is 1.53 bits per heavy atom. The number of nitrogens with zero attached hydrogens (tertiary/aromatic N) is 2. The highest BCUT2D eigenvalue weighted by atomic mass is 32.2. The fourth-order valence-corrected chi connectivity index (χ4v) is 2.57. The minimum absolute atomic E-state index is 0.288. The third-order valence-corrected chi connectivity index (χ3v) is 4.37. The summed E-state index contributed by atoms with van der Waals surface area (Å²) in [4.78, 5) is 0. The monoisotopic (exact) mass is 260 g/mol. The van der Waals surface area contributed by atoms with Gasteiger partial charge in [-0.05, 0) is 20.9 Å². The van der Waals surface area contributed by atoms with Crippen molar-refractivity contribution in [3.8, 4) is 0 Å². The zero-order valence-corrected chi connectivity index (χ0v) is 11.5. The molecule has 0 saturated carbocycles. The molecule has 1 aromatic heterocycles. The molecule has 0 radical (unpaired) electrons. The van der Waals surface area contributed by atoms with Crippen LogP contribution in [0.3, 0.4) is 0 Å². The summed E-state index contributed by atoms with van der Waals surface area (Å²) in [5.41, 5.74) is 1.74. The Bertz CT molecular complexity index is 467. The molecule has 0 saturated heterocycles. The summed E-state index contributed by atoms with van der Waals surface area (Å²) in [5, 5.41) is 6.56. The second kappa shape index (κ2) is 5.61. The van der Waals surface area contributed by atoms with Gasteiger partial charge in [-0.2, -0.15) is 5.10 Å². The smallest absolute Gasteiger partial charge is 0.215 e. The van der Waals surface area contributed by atoms with Gasteiger partial charge in [0, 0.05) is 31.9 Å². The van der Waals surface area contributed by atoms with Gasteiger partial charge in [0.15, 0.2) is 0 Å². The first-order valence-electron chi connectivity index (χ1n) is 5.49. The van der Waals surface area contributed by atoms with Crippen LogP contribution in [0.15, 0.2) is 6.20 Å². The van der Waals surface area contributed by atoms with Crippen molar-refractivity contribution in [2.24, 2.45) is 7.05 Å². The molecule has 1 heterocycles. The van der Waals surface area contributed by atoms with Crippen LogP contribution in [-0.4, -0.2) is 37.0 Å². The van der Waals surface area contributed by atoms with E-state index in [4.69, 9.17) is 0 Å². The highest BCUT2D eigenvalue weighted by Crippen LogP contribution is 2.06. The highest BCUT2D eigenvalue weighted by Gasteiger charge is 2.19. The molecule has 0 aliphatic rings. The third-order valence-electron chi connectivity index (χ3n) is 2.60.